The lowest BCUT2D eigenvalue weighted by Gasteiger charge is -2.12. The van der Waals surface area contributed by atoms with Gasteiger partial charge >= 0.3 is 5.97 Å². The highest BCUT2D eigenvalue weighted by molar-refractivity contribution is 6.48. The van der Waals surface area contributed by atoms with E-state index >= 15 is 0 Å². The van der Waals surface area contributed by atoms with Gasteiger partial charge in [0, 0.05) is 17.3 Å². The summed E-state index contributed by atoms with van der Waals surface area (Å²) in [7, 11) is 0. The minimum atomic E-state index is -0.765. The van der Waals surface area contributed by atoms with Crippen molar-refractivity contribution in [2.45, 2.75) is 20.5 Å². The Balaban J connectivity index is 2.22. The fraction of sp³-hybridized carbons (Fsp3) is 0.235. The van der Waals surface area contributed by atoms with Crippen molar-refractivity contribution in [2.75, 3.05) is 6.61 Å². The van der Waals surface area contributed by atoms with E-state index < -0.39 is 5.97 Å². The first-order chi connectivity index (χ1) is 11.8. The zero-order valence-electron chi connectivity index (χ0n) is 13.4. The van der Waals surface area contributed by atoms with Crippen LogP contribution < -0.4 is 4.74 Å². The van der Waals surface area contributed by atoms with Crippen LogP contribution in [0.25, 0.3) is 0 Å². The number of rotatable bonds is 6. The lowest BCUT2D eigenvalue weighted by Crippen LogP contribution is -2.10. The van der Waals surface area contributed by atoms with E-state index in [1.165, 1.54) is 13.1 Å². The number of esters is 1. The topological polar surface area (TPSA) is 65.5 Å². The van der Waals surface area contributed by atoms with Gasteiger partial charge in [-0.1, -0.05) is 34.8 Å². The van der Waals surface area contributed by atoms with E-state index in [0.717, 1.165) is 0 Å². The maximum atomic E-state index is 12.2. The van der Waals surface area contributed by atoms with Crippen LogP contribution >= 0.6 is 34.8 Å². The molecular formula is C17H14Cl3NO4. The van der Waals surface area contributed by atoms with E-state index in [-0.39, 0.29) is 33.2 Å². The molecule has 132 valence electrons. The number of benzene rings is 1. The van der Waals surface area contributed by atoms with Gasteiger partial charge in [-0.15, -0.1) is 0 Å². The van der Waals surface area contributed by atoms with Crippen LogP contribution in [0.5, 0.6) is 5.75 Å². The number of aromatic nitrogens is 1. The van der Waals surface area contributed by atoms with Crippen molar-refractivity contribution in [1.29, 1.82) is 0 Å². The van der Waals surface area contributed by atoms with E-state index in [0.29, 0.717) is 23.5 Å². The van der Waals surface area contributed by atoms with E-state index in [9.17, 15) is 9.59 Å². The van der Waals surface area contributed by atoms with Gasteiger partial charge in [-0.2, -0.15) is 0 Å². The number of ether oxygens (including phenoxy) is 2. The third-order valence-corrected chi connectivity index (χ3v) is 4.48. The van der Waals surface area contributed by atoms with Crippen LogP contribution in [0, 0.1) is 0 Å². The predicted molar refractivity (Wildman–Crippen MR) is 96.0 cm³/mol. The largest absolute Gasteiger partial charge is 0.493 e. The Labute approximate surface area is 159 Å². The second kappa shape index (κ2) is 8.52. The molecule has 0 amide bonds. The highest BCUT2D eigenvalue weighted by Crippen LogP contribution is 2.31. The number of halogens is 3. The summed E-state index contributed by atoms with van der Waals surface area (Å²) in [5.74, 6) is -0.349. The van der Waals surface area contributed by atoms with Gasteiger partial charge < -0.3 is 9.47 Å². The van der Waals surface area contributed by atoms with E-state index in [4.69, 9.17) is 44.3 Å². The molecular weight excluding hydrogens is 389 g/mol. The molecule has 0 fully saturated rings. The second-order valence-electron chi connectivity index (χ2n) is 4.97. The van der Waals surface area contributed by atoms with Crippen molar-refractivity contribution in [3.05, 3.63) is 56.3 Å². The molecule has 2 aromatic rings. The third-order valence-electron chi connectivity index (χ3n) is 3.24. The summed E-state index contributed by atoms with van der Waals surface area (Å²) in [6.45, 7) is 3.59. The molecule has 8 heteroatoms. The Hall–Kier alpha value is -1.82. The Morgan fingerprint density at radius 1 is 1.16 bits per heavy atom. The zero-order chi connectivity index (χ0) is 18.6. The van der Waals surface area contributed by atoms with Gasteiger partial charge in [0.15, 0.2) is 11.5 Å². The van der Waals surface area contributed by atoms with Crippen molar-refractivity contribution >= 4 is 46.6 Å². The number of ketones is 1. The number of carbonyl (C=O) groups is 2. The molecule has 1 heterocycles. The monoisotopic (exact) mass is 401 g/mol. The first-order valence-corrected chi connectivity index (χ1v) is 8.41. The van der Waals surface area contributed by atoms with Gasteiger partial charge in [0.2, 0.25) is 0 Å². The summed E-state index contributed by atoms with van der Waals surface area (Å²) in [5, 5.41) is 0.0801. The predicted octanol–water partition coefficient (Wildman–Crippen LogP) is 5.00. The molecule has 1 aromatic carbocycles. The van der Waals surface area contributed by atoms with Gasteiger partial charge in [-0.25, -0.2) is 9.78 Å². The number of Topliss-reactive ketones (excluding diaryl/α,β-unsaturated/α-hetero) is 1. The normalized spacial score (nSPS) is 10.4. The molecule has 0 bridgehead atoms. The maximum Gasteiger partial charge on any atom is 0.358 e. The quantitative estimate of drug-likeness (QED) is 0.502. The van der Waals surface area contributed by atoms with Gasteiger partial charge in [0.05, 0.1) is 21.7 Å². The van der Waals surface area contributed by atoms with Crippen molar-refractivity contribution in [3.63, 3.8) is 0 Å². The molecule has 0 aliphatic rings. The SMILES string of the molecule is CCOc1ccc(C(C)=O)cc1COC(=O)c1ncc(Cl)c(Cl)c1Cl. The summed E-state index contributed by atoms with van der Waals surface area (Å²) in [6.07, 6.45) is 1.22. The molecule has 0 radical (unpaired) electrons. The molecule has 0 spiro atoms. The molecule has 1 aromatic heterocycles. The molecule has 0 unspecified atom stereocenters. The average Bonchev–Trinajstić information content (AvgIpc) is 2.58. The third kappa shape index (κ3) is 4.63. The standard InChI is InChI=1S/C17H14Cl3NO4/c1-3-24-13-5-4-10(9(2)22)6-11(13)8-25-17(23)16-15(20)14(19)12(18)7-21-16/h4-7H,3,8H2,1-2H3. The fourth-order valence-electron chi connectivity index (χ4n) is 2.00. The number of hydrogen-bond donors (Lipinski definition) is 0. The van der Waals surface area contributed by atoms with Crippen LogP contribution in [0.3, 0.4) is 0 Å². The Bertz CT molecular complexity index is 824. The van der Waals surface area contributed by atoms with Crippen molar-refractivity contribution in [2.24, 2.45) is 0 Å². The van der Waals surface area contributed by atoms with Crippen molar-refractivity contribution in [1.82, 2.24) is 4.98 Å². The van der Waals surface area contributed by atoms with E-state index in [1.54, 1.807) is 18.2 Å². The second-order valence-corrected chi connectivity index (χ2v) is 6.13. The Morgan fingerprint density at radius 2 is 1.88 bits per heavy atom. The Kier molecular flexibility index (Phi) is 6.64. The van der Waals surface area contributed by atoms with Crippen molar-refractivity contribution < 1.29 is 19.1 Å². The van der Waals surface area contributed by atoms with Gasteiger partial charge in [0.25, 0.3) is 0 Å². The molecule has 0 aliphatic heterocycles. The highest BCUT2D eigenvalue weighted by Gasteiger charge is 2.19. The first-order valence-electron chi connectivity index (χ1n) is 7.28. The van der Waals surface area contributed by atoms with Gasteiger partial charge in [0.1, 0.15) is 12.4 Å². The van der Waals surface area contributed by atoms with Gasteiger partial charge in [-0.3, -0.25) is 4.79 Å². The fourth-order valence-corrected chi connectivity index (χ4v) is 2.56. The lowest BCUT2D eigenvalue weighted by atomic mass is 10.1. The lowest BCUT2D eigenvalue weighted by molar-refractivity contribution is 0.0463. The van der Waals surface area contributed by atoms with Crippen LogP contribution in [0.1, 0.15) is 40.3 Å². The van der Waals surface area contributed by atoms with E-state index in [2.05, 4.69) is 4.98 Å². The van der Waals surface area contributed by atoms with Crippen LogP contribution in [0.4, 0.5) is 0 Å². The molecule has 0 atom stereocenters. The minimum absolute atomic E-state index is 0.0267. The number of pyridine rings is 1. The molecule has 2 rings (SSSR count). The first kappa shape index (κ1) is 19.5. The smallest absolute Gasteiger partial charge is 0.358 e. The molecule has 0 saturated heterocycles. The van der Waals surface area contributed by atoms with Crippen LogP contribution in [0.2, 0.25) is 15.1 Å². The molecule has 5 nitrogen and oxygen atoms in total. The highest BCUT2D eigenvalue weighted by atomic mass is 35.5. The van der Waals surface area contributed by atoms with Crippen LogP contribution in [0.15, 0.2) is 24.4 Å². The summed E-state index contributed by atoms with van der Waals surface area (Å²) in [4.78, 5) is 27.6. The molecule has 25 heavy (non-hydrogen) atoms. The zero-order valence-corrected chi connectivity index (χ0v) is 15.7. The number of hydrogen-bond acceptors (Lipinski definition) is 5. The summed E-state index contributed by atoms with van der Waals surface area (Å²) in [5.41, 5.74) is 0.899. The Morgan fingerprint density at radius 3 is 2.52 bits per heavy atom. The van der Waals surface area contributed by atoms with Crippen LogP contribution in [-0.4, -0.2) is 23.3 Å². The van der Waals surface area contributed by atoms with Crippen molar-refractivity contribution in [3.8, 4) is 5.75 Å². The molecule has 0 aliphatic carbocycles. The maximum absolute atomic E-state index is 12.2. The molecule has 0 N–H and O–H groups in total. The van der Waals surface area contributed by atoms with Gasteiger partial charge in [-0.05, 0) is 32.0 Å². The summed E-state index contributed by atoms with van der Waals surface area (Å²) in [6, 6.07) is 4.92. The van der Waals surface area contributed by atoms with Crippen LogP contribution in [-0.2, 0) is 11.3 Å². The summed E-state index contributed by atoms with van der Waals surface area (Å²) >= 11 is 17.7. The van der Waals surface area contributed by atoms with E-state index in [1.807, 2.05) is 6.92 Å². The minimum Gasteiger partial charge on any atom is -0.493 e. The number of nitrogens with zero attached hydrogens (tertiary/aromatic N) is 1. The summed E-state index contributed by atoms with van der Waals surface area (Å²) < 4.78 is 10.7. The molecule has 0 saturated carbocycles. The number of carbonyl (C=O) groups excluding carboxylic acids is 2. The average molecular weight is 403 g/mol.